The van der Waals surface area contributed by atoms with Crippen LogP contribution in [0.4, 0.5) is 30.2 Å². The van der Waals surface area contributed by atoms with Crippen molar-refractivity contribution >= 4 is 23.0 Å². The molecule has 2 heterocycles. The molecule has 8 heteroatoms. The molecule has 2 N–H and O–H groups in total. The van der Waals surface area contributed by atoms with E-state index >= 15 is 0 Å². The fourth-order valence-electron chi connectivity index (χ4n) is 4.09. The zero-order valence-corrected chi connectivity index (χ0v) is 19.3. The number of anilines is 3. The second-order valence-corrected chi connectivity index (χ2v) is 8.92. The first-order valence-corrected chi connectivity index (χ1v) is 11.1. The predicted molar refractivity (Wildman–Crippen MR) is 128 cm³/mol. The third-order valence-electron chi connectivity index (χ3n) is 6.10. The fourth-order valence-corrected chi connectivity index (χ4v) is 4.09. The van der Waals surface area contributed by atoms with Gasteiger partial charge in [-0.05, 0) is 74.2 Å². The summed E-state index contributed by atoms with van der Waals surface area (Å²) in [6, 6.07) is 16.0. The molecule has 0 aliphatic carbocycles. The van der Waals surface area contributed by atoms with Gasteiger partial charge in [-0.15, -0.1) is 0 Å². The van der Waals surface area contributed by atoms with E-state index in [2.05, 4.69) is 15.6 Å². The molecule has 0 unspecified atom stereocenters. The van der Waals surface area contributed by atoms with Gasteiger partial charge in [0.2, 0.25) is 5.91 Å². The van der Waals surface area contributed by atoms with E-state index in [0.29, 0.717) is 18.5 Å². The Bertz CT molecular complexity index is 1170. The molecule has 5 nitrogen and oxygen atoms in total. The molecule has 4 rings (SSSR count). The van der Waals surface area contributed by atoms with Crippen LogP contribution in [0.5, 0.6) is 0 Å². The SMILES string of the molecule is Cc1ccc(N(CCc2ccc(C(F)(F)F)nc2)C(=O)CC2(C)Nc3ccccc3N2)cc1C. The molecule has 1 aliphatic heterocycles. The topological polar surface area (TPSA) is 57.3 Å². The fraction of sp³-hybridized carbons (Fsp3) is 0.308. The number of nitrogens with zero attached hydrogens (tertiary/aromatic N) is 2. The summed E-state index contributed by atoms with van der Waals surface area (Å²) in [7, 11) is 0. The molecule has 0 radical (unpaired) electrons. The minimum atomic E-state index is -4.48. The van der Waals surface area contributed by atoms with E-state index in [4.69, 9.17) is 0 Å². The Hall–Kier alpha value is -3.55. The van der Waals surface area contributed by atoms with E-state index in [0.717, 1.165) is 34.3 Å². The molecule has 34 heavy (non-hydrogen) atoms. The van der Waals surface area contributed by atoms with Gasteiger partial charge in [0.05, 0.1) is 17.8 Å². The number of benzene rings is 2. The van der Waals surface area contributed by atoms with Gasteiger partial charge in [0.15, 0.2) is 0 Å². The Labute approximate surface area is 197 Å². The van der Waals surface area contributed by atoms with E-state index in [1.54, 1.807) is 4.90 Å². The number of halogens is 3. The lowest BCUT2D eigenvalue weighted by atomic mass is 10.1. The minimum absolute atomic E-state index is 0.0987. The van der Waals surface area contributed by atoms with E-state index in [9.17, 15) is 18.0 Å². The van der Waals surface area contributed by atoms with Crippen LogP contribution in [0.15, 0.2) is 60.8 Å². The van der Waals surface area contributed by atoms with Crippen LogP contribution >= 0.6 is 0 Å². The molecule has 2 aromatic carbocycles. The van der Waals surface area contributed by atoms with Crippen molar-refractivity contribution in [2.24, 2.45) is 0 Å². The molecule has 3 aromatic rings. The maximum absolute atomic E-state index is 13.5. The number of hydrogen-bond acceptors (Lipinski definition) is 4. The smallest absolute Gasteiger partial charge is 0.361 e. The Morgan fingerprint density at radius 1 is 1.00 bits per heavy atom. The number of alkyl halides is 3. The maximum Gasteiger partial charge on any atom is 0.433 e. The Morgan fingerprint density at radius 3 is 2.24 bits per heavy atom. The molecular formula is C26H27F3N4O. The zero-order valence-electron chi connectivity index (χ0n) is 19.3. The molecular weight excluding hydrogens is 441 g/mol. The number of para-hydroxylation sites is 2. The number of aromatic nitrogens is 1. The zero-order chi connectivity index (χ0) is 24.5. The van der Waals surface area contributed by atoms with Gasteiger partial charge in [-0.2, -0.15) is 13.2 Å². The van der Waals surface area contributed by atoms with Crippen LogP contribution in [-0.2, 0) is 17.4 Å². The second-order valence-electron chi connectivity index (χ2n) is 8.92. The molecule has 0 fully saturated rings. The highest BCUT2D eigenvalue weighted by Gasteiger charge is 2.35. The first kappa shape index (κ1) is 23.6. The Kier molecular flexibility index (Phi) is 6.25. The third kappa shape index (κ3) is 5.16. The summed E-state index contributed by atoms with van der Waals surface area (Å²) in [5.41, 5.74) is 3.85. The number of hydrogen-bond donors (Lipinski definition) is 2. The maximum atomic E-state index is 13.5. The van der Waals surface area contributed by atoms with Crippen molar-refractivity contribution in [3.63, 3.8) is 0 Å². The van der Waals surface area contributed by atoms with Gasteiger partial charge in [0.1, 0.15) is 11.4 Å². The Balaban J connectivity index is 1.53. The number of aryl methyl sites for hydroxylation is 2. The van der Waals surface area contributed by atoms with Crippen molar-refractivity contribution in [3.8, 4) is 0 Å². The van der Waals surface area contributed by atoms with Gasteiger partial charge >= 0.3 is 6.18 Å². The van der Waals surface area contributed by atoms with E-state index in [1.165, 1.54) is 12.3 Å². The van der Waals surface area contributed by atoms with Crippen molar-refractivity contribution < 1.29 is 18.0 Å². The summed E-state index contributed by atoms with van der Waals surface area (Å²) in [5.74, 6) is -0.0987. The first-order chi connectivity index (χ1) is 16.0. The van der Waals surface area contributed by atoms with E-state index in [1.807, 2.05) is 63.2 Å². The molecule has 0 saturated carbocycles. The largest absolute Gasteiger partial charge is 0.433 e. The summed E-state index contributed by atoms with van der Waals surface area (Å²) in [4.78, 5) is 18.8. The number of carbonyl (C=O) groups excluding carboxylic acids is 1. The summed E-state index contributed by atoms with van der Waals surface area (Å²) in [6.45, 7) is 6.24. The van der Waals surface area contributed by atoms with Gasteiger partial charge in [0, 0.05) is 18.4 Å². The van der Waals surface area contributed by atoms with Crippen molar-refractivity contribution in [2.75, 3.05) is 22.1 Å². The van der Waals surface area contributed by atoms with Crippen LogP contribution in [-0.4, -0.2) is 23.1 Å². The highest BCUT2D eigenvalue weighted by atomic mass is 19.4. The average Bonchev–Trinajstić information content (AvgIpc) is 3.11. The lowest BCUT2D eigenvalue weighted by Crippen LogP contribution is -2.45. The number of carbonyl (C=O) groups is 1. The summed E-state index contributed by atoms with van der Waals surface area (Å²) >= 11 is 0. The van der Waals surface area contributed by atoms with Gasteiger partial charge in [-0.3, -0.25) is 9.78 Å². The number of rotatable bonds is 6. The normalized spacial score (nSPS) is 14.2. The number of pyridine rings is 1. The predicted octanol–water partition coefficient (Wildman–Crippen LogP) is 5.94. The lowest BCUT2D eigenvalue weighted by Gasteiger charge is -2.30. The monoisotopic (exact) mass is 468 g/mol. The minimum Gasteiger partial charge on any atom is -0.361 e. The molecule has 0 atom stereocenters. The highest BCUT2D eigenvalue weighted by molar-refractivity contribution is 5.95. The first-order valence-electron chi connectivity index (χ1n) is 11.1. The number of amides is 1. The van der Waals surface area contributed by atoms with Gasteiger partial charge in [-0.1, -0.05) is 24.3 Å². The average molecular weight is 469 g/mol. The standard InChI is InChI=1S/C26H27F3N4O/c1-17-8-10-20(14-18(17)2)33(13-12-19-9-11-23(30-16-19)26(27,28)29)24(34)15-25(3)31-21-6-4-5-7-22(21)32-25/h4-11,14,16,31-32H,12-13,15H2,1-3H3. The highest BCUT2D eigenvalue weighted by Crippen LogP contribution is 2.35. The molecule has 1 amide bonds. The number of nitrogens with one attached hydrogen (secondary N) is 2. The summed E-state index contributed by atoms with van der Waals surface area (Å²) in [6.07, 6.45) is -2.69. The van der Waals surface area contributed by atoms with Gasteiger partial charge in [-0.25, -0.2) is 0 Å². The third-order valence-corrected chi connectivity index (χ3v) is 6.10. The van der Waals surface area contributed by atoms with Crippen LogP contribution in [0.3, 0.4) is 0 Å². The quantitative estimate of drug-likeness (QED) is 0.470. The molecule has 0 bridgehead atoms. The molecule has 0 saturated heterocycles. The van der Waals surface area contributed by atoms with Gasteiger partial charge in [0.25, 0.3) is 0 Å². The van der Waals surface area contributed by atoms with Crippen LogP contribution in [0.2, 0.25) is 0 Å². The molecule has 0 spiro atoms. The second kappa shape index (κ2) is 9.00. The van der Waals surface area contributed by atoms with E-state index in [-0.39, 0.29) is 12.3 Å². The number of fused-ring (bicyclic) bond motifs is 1. The Morgan fingerprint density at radius 2 is 1.68 bits per heavy atom. The summed E-state index contributed by atoms with van der Waals surface area (Å²) < 4.78 is 38.5. The van der Waals surface area contributed by atoms with Crippen molar-refractivity contribution in [1.29, 1.82) is 0 Å². The van der Waals surface area contributed by atoms with Crippen LogP contribution in [0, 0.1) is 13.8 Å². The van der Waals surface area contributed by atoms with Crippen LogP contribution < -0.4 is 15.5 Å². The van der Waals surface area contributed by atoms with Crippen LogP contribution in [0.25, 0.3) is 0 Å². The van der Waals surface area contributed by atoms with Crippen molar-refractivity contribution in [3.05, 3.63) is 83.2 Å². The summed E-state index contributed by atoms with van der Waals surface area (Å²) in [5, 5.41) is 6.78. The molecule has 1 aromatic heterocycles. The van der Waals surface area contributed by atoms with E-state index < -0.39 is 17.5 Å². The molecule has 1 aliphatic rings. The molecule has 178 valence electrons. The van der Waals surface area contributed by atoms with Gasteiger partial charge < -0.3 is 15.5 Å². The van der Waals surface area contributed by atoms with Crippen LogP contribution in [0.1, 0.15) is 35.7 Å². The lowest BCUT2D eigenvalue weighted by molar-refractivity contribution is -0.141. The van der Waals surface area contributed by atoms with Crippen molar-refractivity contribution in [2.45, 2.75) is 45.5 Å². The van der Waals surface area contributed by atoms with Crippen molar-refractivity contribution in [1.82, 2.24) is 4.98 Å².